The van der Waals surface area contributed by atoms with Gasteiger partial charge in [-0.1, -0.05) is 42.5 Å². The second kappa shape index (κ2) is 7.41. The summed E-state index contributed by atoms with van der Waals surface area (Å²) >= 11 is 1.72. The summed E-state index contributed by atoms with van der Waals surface area (Å²) in [5, 5.41) is 3.03. The molecular weight excluding hydrogens is 354 g/mol. The smallest absolute Gasteiger partial charge is 0.290 e. The Morgan fingerprint density at radius 3 is 2.63 bits per heavy atom. The molecule has 0 atom stereocenters. The third-order valence-electron chi connectivity index (χ3n) is 4.61. The molecule has 4 heteroatoms. The molecule has 0 saturated carbocycles. The summed E-state index contributed by atoms with van der Waals surface area (Å²) < 4.78 is 5.79. The quantitative estimate of drug-likeness (QED) is 0.415. The highest BCUT2D eigenvalue weighted by atomic mass is 32.1. The Labute approximate surface area is 162 Å². The second-order valence-electron chi connectivity index (χ2n) is 6.85. The maximum atomic E-state index is 13.1. The van der Waals surface area contributed by atoms with Crippen molar-refractivity contribution in [1.29, 1.82) is 0 Å². The minimum absolute atomic E-state index is 0.0658. The largest absolute Gasteiger partial charge is 0.451 e. The number of thiophene rings is 1. The molecule has 1 amide bonds. The monoisotopic (exact) mass is 375 g/mol. The van der Waals surface area contributed by atoms with Gasteiger partial charge in [0.25, 0.3) is 5.91 Å². The van der Waals surface area contributed by atoms with Crippen molar-refractivity contribution in [1.82, 2.24) is 4.90 Å². The first-order chi connectivity index (χ1) is 13.1. The lowest BCUT2D eigenvalue weighted by Crippen LogP contribution is -2.36. The van der Waals surface area contributed by atoms with Crippen LogP contribution in [0.2, 0.25) is 0 Å². The van der Waals surface area contributed by atoms with E-state index in [1.807, 2.05) is 49.1 Å². The number of carbonyl (C=O) groups is 1. The predicted molar refractivity (Wildman–Crippen MR) is 111 cm³/mol. The topological polar surface area (TPSA) is 33.5 Å². The summed E-state index contributed by atoms with van der Waals surface area (Å²) in [6, 6.07) is 22.2. The van der Waals surface area contributed by atoms with Crippen LogP contribution < -0.4 is 0 Å². The van der Waals surface area contributed by atoms with E-state index in [0.29, 0.717) is 12.3 Å². The fourth-order valence-electron chi connectivity index (χ4n) is 3.18. The Bertz CT molecular complexity index is 1030. The average molecular weight is 375 g/mol. The molecule has 4 aromatic rings. The first-order valence-electron chi connectivity index (χ1n) is 9.04. The number of amides is 1. The van der Waals surface area contributed by atoms with Gasteiger partial charge in [0.2, 0.25) is 0 Å². The van der Waals surface area contributed by atoms with E-state index in [1.54, 1.807) is 11.3 Å². The van der Waals surface area contributed by atoms with Crippen LogP contribution in [-0.2, 0) is 6.54 Å². The predicted octanol–water partition coefficient (Wildman–Crippen LogP) is 6.21. The summed E-state index contributed by atoms with van der Waals surface area (Å²) in [5.74, 6) is 0.307. The number of benzene rings is 2. The number of rotatable bonds is 5. The summed E-state index contributed by atoms with van der Waals surface area (Å²) in [7, 11) is 0. The Balaban J connectivity index is 1.61. The zero-order valence-corrected chi connectivity index (χ0v) is 16.2. The molecule has 0 saturated heterocycles. The van der Waals surface area contributed by atoms with Gasteiger partial charge in [-0.25, -0.2) is 0 Å². The Morgan fingerprint density at radius 2 is 1.89 bits per heavy atom. The molecule has 0 N–H and O–H groups in total. The minimum atomic E-state index is -0.0808. The van der Waals surface area contributed by atoms with Crippen molar-refractivity contribution in [2.45, 2.75) is 26.4 Å². The highest BCUT2D eigenvalue weighted by molar-refractivity contribution is 7.13. The van der Waals surface area contributed by atoms with E-state index in [-0.39, 0.29) is 11.9 Å². The van der Waals surface area contributed by atoms with E-state index in [1.165, 1.54) is 10.4 Å². The molecule has 27 heavy (non-hydrogen) atoms. The lowest BCUT2D eigenvalue weighted by molar-refractivity contribution is 0.0660. The highest BCUT2D eigenvalue weighted by Gasteiger charge is 2.22. The van der Waals surface area contributed by atoms with E-state index < -0.39 is 0 Å². The van der Waals surface area contributed by atoms with Crippen molar-refractivity contribution in [3.05, 3.63) is 83.4 Å². The normalized spacial score (nSPS) is 11.2. The van der Waals surface area contributed by atoms with E-state index in [4.69, 9.17) is 4.42 Å². The van der Waals surface area contributed by atoms with Gasteiger partial charge in [-0.15, -0.1) is 11.3 Å². The van der Waals surface area contributed by atoms with Gasteiger partial charge in [-0.2, -0.15) is 0 Å². The molecule has 2 aromatic heterocycles. The molecule has 0 spiro atoms. The molecule has 4 rings (SSSR count). The maximum absolute atomic E-state index is 13.1. The van der Waals surface area contributed by atoms with Gasteiger partial charge in [-0.05, 0) is 54.6 Å². The third-order valence-corrected chi connectivity index (χ3v) is 5.53. The Hall–Kier alpha value is -2.85. The molecule has 2 aromatic carbocycles. The van der Waals surface area contributed by atoms with Crippen LogP contribution >= 0.6 is 11.3 Å². The number of fused-ring (bicyclic) bond motifs is 1. The van der Waals surface area contributed by atoms with Crippen molar-refractivity contribution in [3.63, 3.8) is 0 Å². The molecular formula is C23H21NO2S. The van der Waals surface area contributed by atoms with E-state index in [0.717, 1.165) is 16.5 Å². The summed E-state index contributed by atoms with van der Waals surface area (Å²) in [6.07, 6.45) is 0. The molecule has 0 radical (unpaired) electrons. The van der Waals surface area contributed by atoms with Crippen molar-refractivity contribution in [2.75, 3.05) is 0 Å². The van der Waals surface area contributed by atoms with E-state index in [2.05, 4.69) is 41.8 Å². The van der Waals surface area contributed by atoms with Crippen molar-refractivity contribution in [3.8, 4) is 10.4 Å². The Morgan fingerprint density at radius 1 is 1.04 bits per heavy atom. The number of carbonyl (C=O) groups excluding carboxylic acids is 1. The lowest BCUT2D eigenvalue weighted by atomic mass is 10.1. The second-order valence-corrected chi connectivity index (χ2v) is 7.80. The number of hydrogen-bond donors (Lipinski definition) is 0. The summed E-state index contributed by atoms with van der Waals surface area (Å²) in [5.41, 5.74) is 3.03. The SMILES string of the molecule is CC(C)N(Cc1cccc(-c2cccs2)c1)C(=O)c1cc2ccccc2o1. The van der Waals surface area contributed by atoms with Gasteiger partial charge >= 0.3 is 0 Å². The van der Waals surface area contributed by atoms with Crippen LogP contribution in [0.4, 0.5) is 0 Å². The highest BCUT2D eigenvalue weighted by Crippen LogP contribution is 2.26. The molecule has 0 unspecified atom stereocenters. The molecule has 0 bridgehead atoms. The summed E-state index contributed by atoms with van der Waals surface area (Å²) in [6.45, 7) is 4.61. The average Bonchev–Trinajstić information content (AvgIpc) is 3.35. The van der Waals surface area contributed by atoms with Crippen LogP contribution in [0, 0.1) is 0 Å². The zero-order chi connectivity index (χ0) is 18.8. The number of furan rings is 1. The van der Waals surface area contributed by atoms with Crippen molar-refractivity contribution >= 4 is 28.2 Å². The minimum Gasteiger partial charge on any atom is -0.451 e. The molecule has 0 fully saturated rings. The van der Waals surface area contributed by atoms with Gasteiger partial charge in [0.15, 0.2) is 5.76 Å². The van der Waals surface area contributed by atoms with Gasteiger partial charge < -0.3 is 9.32 Å². The lowest BCUT2D eigenvalue weighted by Gasteiger charge is -2.26. The molecule has 0 aliphatic heterocycles. The fraction of sp³-hybridized carbons (Fsp3) is 0.174. The molecule has 0 aliphatic carbocycles. The molecule has 136 valence electrons. The van der Waals surface area contributed by atoms with Gasteiger partial charge in [0, 0.05) is 22.8 Å². The summed E-state index contributed by atoms with van der Waals surface area (Å²) in [4.78, 5) is 16.2. The zero-order valence-electron chi connectivity index (χ0n) is 15.4. The van der Waals surface area contributed by atoms with Crippen LogP contribution in [-0.4, -0.2) is 16.8 Å². The third kappa shape index (κ3) is 3.67. The molecule has 0 aliphatic rings. The van der Waals surface area contributed by atoms with Crippen LogP contribution in [0.3, 0.4) is 0 Å². The van der Waals surface area contributed by atoms with Crippen LogP contribution in [0.5, 0.6) is 0 Å². The van der Waals surface area contributed by atoms with E-state index in [9.17, 15) is 4.79 Å². The van der Waals surface area contributed by atoms with E-state index >= 15 is 0 Å². The number of para-hydroxylation sites is 1. The first kappa shape index (κ1) is 17.6. The maximum Gasteiger partial charge on any atom is 0.290 e. The van der Waals surface area contributed by atoms with Crippen molar-refractivity contribution in [2.24, 2.45) is 0 Å². The molecule has 3 nitrogen and oxygen atoms in total. The number of hydrogen-bond acceptors (Lipinski definition) is 3. The number of nitrogens with zero attached hydrogens (tertiary/aromatic N) is 1. The van der Waals surface area contributed by atoms with Crippen LogP contribution in [0.25, 0.3) is 21.4 Å². The van der Waals surface area contributed by atoms with Gasteiger partial charge in [-0.3, -0.25) is 4.79 Å². The Kier molecular flexibility index (Phi) is 4.82. The fourth-order valence-corrected chi connectivity index (χ4v) is 3.90. The van der Waals surface area contributed by atoms with Crippen LogP contribution in [0.1, 0.15) is 30.0 Å². The first-order valence-corrected chi connectivity index (χ1v) is 9.92. The van der Waals surface area contributed by atoms with Gasteiger partial charge in [0.1, 0.15) is 5.58 Å². The van der Waals surface area contributed by atoms with Gasteiger partial charge in [0.05, 0.1) is 0 Å². The van der Waals surface area contributed by atoms with Crippen LogP contribution in [0.15, 0.2) is 76.5 Å². The van der Waals surface area contributed by atoms with Crippen molar-refractivity contribution < 1.29 is 9.21 Å². The standard InChI is InChI=1S/C23H21NO2S/c1-16(2)24(23(25)21-14-18-8-3-4-10-20(18)26-21)15-17-7-5-9-19(13-17)22-11-6-12-27-22/h3-14,16H,15H2,1-2H3. The molecule has 2 heterocycles.